The molecule has 1 aliphatic carbocycles. The monoisotopic (exact) mass is 390 g/mol. The Bertz CT molecular complexity index is 696. The lowest BCUT2D eigenvalue weighted by Gasteiger charge is -2.29. The predicted molar refractivity (Wildman–Crippen MR) is 104 cm³/mol. The Hall–Kier alpha value is -2.28. The summed E-state index contributed by atoms with van der Waals surface area (Å²) in [5.41, 5.74) is 0.0153. The average molecular weight is 390 g/mol. The molecule has 1 saturated carbocycles. The Morgan fingerprint density at radius 3 is 2.43 bits per heavy atom. The number of hydrogen-bond donors (Lipinski definition) is 1. The smallest absolute Gasteiger partial charge is 0.410 e. The number of methoxy groups -OCH3 is 1. The highest BCUT2D eigenvalue weighted by atomic mass is 16.6. The molecule has 0 bridgehead atoms. The lowest BCUT2D eigenvalue weighted by molar-refractivity contribution is 0.0359. The fourth-order valence-corrected chi connectivity index (χ4v) is 3.73. The number of hydrogen-bond acceptors (Lipinski definition) is 5. The summed E-state index contributed by atoms with van der Waals surface area (Å²) >= 11 is 0. The van der Waals surface area contributed by atoms with E-state index in [9.17, 15) is 9.59 Å². The minimum absolute atomic E-state index is 0.00861. The largest absolute Gasteiger partial charge is 0.445 e. The molecule has 1 aromatic rings. The van der Waals surface area contributed by atoms with E-state index in [1.165, 1.54) is 0 Å². The van der Waals surface area contributed by atoms with Crippen molar-refractivity contribution in [2.45, 2.75) is 57.5 Å². The summed E-state index contributed by atoms with van der Waals surface area (Å²) in [6.45, 7) is 6.69. The van der Waals surface area contributed by atoms with Gasteiger partial charge in [-0.15, -0.1) is 0 Å². The zero-order valence-corrected chi connectivity index (χ0v) is 17.1. The number of carbonyl (C=O) groups excluding carboxylic acids is 2. The van der Waals surface area contributed by atoms with Crippen molar-refractivity contribution in [1.29, 1.82) is 0 Å². The number of likely N-dealkylation sites (tertiary alicyclic amines) is 1. The Morgan fingerprint density at radius 2 is 1.86 bits per heavy atom. The number of nitrogens with one attached hydrogen (secondary N) is 1. The number of alkyl carbamates (subject to hydrolysis) is 1. The molecule has 7 heteroatoms. The van der Waals surface area contributed by atoms with Gasteiger partial charge in [-0.05, 0) is 39.2 Å². The molecular formula is C21H30N2O5. The molecule has 1 heterocycles. The van der Waals surface area contributed by atoms with E-state index in [0.717, 1.165) is 18.4 Å². The van der Waals surface area contributed by atoms with Crippen LogP contribution in [0.1, 0.15) is 39.2 Å². The first-order chi connectivity index (χ1) is 13.2. The van der Waals surface area contributed by atoms with Crippen LogP contribution >= 0.6 is 0 Å². The maximum atomic E-state index is 12.5. The van der Waals surface area contributed by atoms with E-state index in [1.807, 2.05) is 51.1 Å². The van der Waals surface area contributed by atoms with Crippen molar-refractivity contribution >= 4 is 12.2 Å². The maximum Gasteiger partial charge on any atom is 0.410 e. The van der Waals surface area contributed by atoms with Gasteiger partial charge in [-0.1, -0.05) is 30.3 Å². The molecule has 7 nitrogen and oxygen atoms in total. The van der Waals surface area contributed by atoms with Crippen LogP contribution in [0.3, 0.4) is 0 Å². The van der Waals surface area contributed by atoms with Gasteiger partial charge in [-0.25, -0.2) is 9.59 Å². The molecule has 0 aromatic heterocycles. The molecular weight excluding hydrogens is 360 g/mol. The van der Waals surface area contributed by atoms with Gasteiger partial charge in [-0.2, -0.15) is 0 Å². The van der Waals surface area contributed by atoms with Crippen LogP contribution in [0.5, 0.6) is 0 Å². The zero-order valence-electron chi connectivity index (χ0n) is 17.1. The van der Waals surface area contributed by atoms with Gasteiger partial charge in [0.05, 0.1) is 18.2 Å². The third kappa shape index (κ3) is 4.95. The standard InChI is InChI=1S/C21H30N2O5/c1-20(2,3)28-18(24)22-21(10-11-21)16-12-23(13-17(16)26-4)19(25)27-14-15-8-6-5-7-9-15/h5-9,16-17H,10-14H2,1-4H3,(H,22,24). The molecule has 3 rings (SSSR count). The summed E-state index contributed by atoms with van der Waals surface area (Å²) in [6.07, 6.45) is 0.765. The van der Waals surface area contributed by atoms with Crippen LogP contribution in [0.2, 0.25) is 0 Å². The number of nitrogens with zero attached hydrogens (tertiary/aromatic N) is 1. The van der Waals surface area contributed by atoms with E-state index < -0.39 is 11.7 Å². The van der Waals surface area contributed by atoms with Gasteiger partial charge >= 0.3 is 12.2 Å². The molecule has 2 amide bonds. The second kappa shape index (κ2) is 7.99. The molecule has 28 heavy (non-hydrogen) atoms. The molecule has 1 saturated heterocycles. The first-order valence-corrected chi connectivity index (χ1v) is 9.72. The van der Waals surface area contributed by atoms with Crippen LogP contribution < -0.4 is 5.32 Å². The SMILES string of the molecule is COC1CN(C(=O)OCc2ccccc2)CC1C1(NC(=O)OC(C)(C)C)CC1. The normalized spacial score (nSPS) is 23.2. The molecule has 2 fully saturated rings. The lowest BCUT2D eigenvalue weighted by Crippen LogP contribution is -2.48. The van der Waals surface area contributed by atoms with Crippen molar-refractivity contribution in [2.24, 2.45) is 5.92 Å². The van der Waals surface area contributed by atoms with E-state index in [0.29, 0.717) is 13.1 Å². The number of rotatable bonds is 5. The maximum absolute atomic E-state index is 12.5. The van der Waals surface area contributed by atoms with Crippen molar-refractivity contribution in [2.75, 3.05) is 20.2 Å². The van der Waals surface area contributed by atoms with Crippen molar-refractivity contribution in [1.82, 2.24) is 10.2 Å². The molecule has 154 valence electrons. The molecule has 2 atom stereocenters. The highest BCUT2D eigenvalue weighted by Gasteiger charge is 2.57. The van der Waals surface area contributed by atoms with Gasteiger partial charge in [0.2, 0.25) is 0 Å². The summed E-state index contributed by atoms with van der Waals surface area (Å²) in [7, 11) is 1.64. The Balaban J connectivity index is 1.58. The molecule has 2 aliphatic rings. The van der Waals surface area contributed by atoms with Gasteiger partial charge < -0.3 is 24.4 Å². The van der Waals surface area contributed by atoms with Crippen LogP contribution in [0.4, 0.5) is 9.59 Å². The number of amides is 2. The predicted octanol–water partition coefficient (Wildman–Crippen LogP) is 3.33. The average Bonchev–Trinajstić information content (AvgIpc) is 3.26. The summed E-state index contributed by atoms with van der Waals surface area (Å²) in [5.74, 6) is 0.00861. The van der Waals surface area contributed by atoms with Crippen molar-refractivity contribution in [3.05, 3.63) is 35.9 Å². The van der Waals surface area contributed by atoms with Crippen molar-refractivity contribution < 1.29 is 23.8 Å². The lowest BCUT2D eigenvalue weighted by atomic mass is 9.94. The molecule has 1 aromatic carbocycles. The fourth-order valence-electron chi connectivity index (χ4n) is 3.73. The first-order valence-electron chi connectivity index (χ1n) is 9.72. The second-order valence-electron chi connectivity index (χ2n) is 8.61. The van der Waals surface area contributed by atoms with Gasteiger partial charge in [-0.3, -0.25) is 0 Å². The highest BCUT2D eigenvalue weighted by molar-refractivity contribution is 5.70. The molecule has 2 unspecified atom stereocenters. The highest BCUT2D eigenvalue weighted by Crippen LogP contribution is 2.47. The van der Waals surface area contributed by atoms with Gasteiger partial charge in [0.25, 0.3) is 0 Å². The Labute approximate surface area is 166 Å². The molecule has 1 N–H and O–H groups in total. The van der Waals surface area contributed by atoms with E-state index in [2.05, 4.69) is 5.32 Å². The summed E-state index contributed by atoms with van der Waals surface area (Å²) in [6, 6.07) is 9.58. The summed E-state index contributed by atoms with van der Waals surface area (Å²) in [5, 5.41) is 3.03. The van der Waals surface area contributed by atoms with Crippen LogP contribution in [0.25, 0.3) is 0 Å². The third-order valence-electron chi connectivity index (χ3n) is 5.28. The molecule has 1 aliphatic heterocycles. The number of ether oxygens (including phenoxy) is 3. The van der Waals surface area contributed by atoms with E-state index in [1.54, 1.807) is 12.0 Å². The van der Waals surface area contributed by atoms with E-state index in [-0.39, 0.29) is 30.3 Å². The van der Waals surface area contributed by atoms with E-state index in [4.69, 9.17) is 14.2 Å². The minimum Gasteiger partial charge on any atom is -0.445 e. The van der Waals surface area contributed by atoms with Crippen LogP contribution in [-0.4, -0.2) is 54.5 Å². The van der Waals surface area contributed by atoms with Crippen LogP contribution in [-0.2, 0) is 20.8 Å². The first kappa shape index (κ1) is 20.5. The topological polar surface area (TPSA) is 77.1 Å². The van der Waals surface area contributed by atoms with Crippen molar-refractivity contribution in [3.8, 4) is 0 Å². The van der Waals surface area contributed by atoms with Crippen LogP contribution in [0, 0.1) is 5.92 Å². The van der Waals surface area contributed by atoms with Gasteiger partial charge in [0.15, 0.2) is 0 Å². The Morgan fingerprint density at radius 1 is 1.18 bits per heavy atom. The molecule has 0 spiro atoms. The quantitative estimate of drug-likeness (QED) is 0.834. The second-order valence-corrected chi connectivity index (χ2v) is 8.61. The van der Waals surface area contributed by atoms with Gasteiger partial charge in [0, 0.05) is 19.6 Å². The van der Waals surface area contributed by atoms with E-state index >= 15 is 0 Å². The number of carbonyl (C=O) groups is 2. The Kier molecular flexibility index (Phi) is 5.84. The summed E-state index contributed by atoms with van der Waals surface area (Å²) < 4.78 is 16.5. The fraction of sp³-hybridized carbons (Fsp3) is 0.619. The summed E-state index contributed by atoms with van der Waals surface area (Å²) in [4.78, 5) is 26.4. The van der Waals surface area contributed by atoms with Crippen LogP contribution in [0.15, 0.2) is 30.3 Å². The molecule has 0 radical (unpaired) electrons. The zero-order chi connectivity index (χ0) is 20.4. The van der Waals surface area contributed by atoms with Crippen molar-refractivity contribution in [3.63, 3.8) is 0 Å². The van der Waals surface area contributed by atoms with Gasteiger partial charge in [0.1, 0.15) is 12.2 Å². The minimum atomic E-state index is -0.552. The number of benzene rings is 1. The third-order valence-corrected chi connectivity index (χ3v) is 5.28.